The van der Waals surface area contributed by atoms with Gasteiger partial charge in [0, 0.05) is 14.1 Å². The van der Waals surface area contributed by atoms with E-state index in [1.54, 1.807) is 0 Å². The first-order valence-corrected chi connectivity index (χ1v) is 7.09. The molecule has 102 valence electrons. The van der Waals surface area contributed by atoms with Crippen molar-refractivity contribution in [3.63, 3.8) is 0 Å². The lowest BCUT2D eigenvalue weighted by Gasteiger charge is -2.21. The Morgan fingerprint density at radius 1 is 1.37 bits per heavy atom. The molecule has 5 heteroatoms. The molecule has 19 heavy (non-hydrogen) atoms. The van der Waals surface area contributed by atoms with E-state index in [0.29, 0.717) is 0 Å². The van der Waals surface area contributed by atoms with Gasteiger partial charge >= 0.3 is 0 Å². The standard InChI is InChI=1S/C14H19BrN4/c1-4-11-14(15)13(19(3)17-11)9-18(2)12-8-6-5-7-10(12)16/h5-8H,4,9,16H2,1-3H3. The quantitative estimate of drug-likeness (QED) is 0.880. The number of aromatic nitrogens is 2. The molecule has 0 unspecified atom stereocenters. The molecule has 0 radical (unpaired) electrons. The topological polar surface area (TPSA) is 47.1 Å². The summed E-state index contributed by atoms with van der Waals surface area (Å²) in [6, 6.07) is 7.89. The van der Waals surface area contributed by atoms with Crippen LogP contribution < -0.4 is 10.6 Å². The SMILES string of the molecule is CCc1nn(C)c(CN(C)c2ccccc2N)c1Br. The van der Waals surface area contributed by atoms with Gasteiger partial charge in [0.1, 0.15) is 0 Å². The van der Waals surface area contributed by atoms with Crippen molar-refractivity contribution >= 4 is 27.3 Å². The Bertz CT molecular complexity index is 577. The lowest BCUT2D eigenvalue weighted by Crippen LogP contribution is -2.19. The molecule has 2 aromatic rings. The first kappa shape index (κ1) is 13.9. The minimum Gasteiger partial charge on any atom is -0.397 e. The minimum absolute atomic E-state index is 0.762. The lowest BCUT2D eigenvalue weighted by molar-refractivity contribution is 0.689. The van der Waals surface area contributed by atoms with Crippen molar-refractivity contribution in [1.82, 2.24) is 9.78 Å². The van der Waals surface area contributed by atoms with Crippen LogP contribution in [-0.2, 0) is 20.0 Å². The molecule has 0 aliphatic rings. The molecular weight excluding hydrogens is 304 g/mol. The Balaban J connectivity index is 2.27. The highest BCUT2D eigenvalue weighted by atomic mass is 79.9. The number of anilines is 2. The molecule has 0 fully saturated rings. The summed E-state index contributed by atoms with van der Waals surface area (Å²) < 4.78 is 3.03. The molecule has 0 spiro atoms. The summed E-state index contributed by atoms with van der Waals surface area (Å²) in [7, 11) is 4.01. The molecule has 2 N–H and O–H groups in total. The van der Waals surface area contributed by atoms with E-state index >= 15 is 0 Å². The van der Waals surface area contributed by atoms with Crippen molar-refractivity contribution in [3.05, 3.63) is 40.1 Å². The summed E-state index contributed by atoms with van der Waals surface area (Å²) in [5, 5.41) is 4.51. The Hall–Kier alpha value is -1.49. The normalized spacial score (nSPS) is 10.7. The fourth-order valence-corrected chi connectivity index (χ4v) is 2.88. The van der Waals surface area contributed by atoms with E-state index in [1.807, 2.05) is 43.0 Å². The van der Waals surface area contributed by atoms with Crippen LogP contribution in [0.5, 0.6) is 0 Å². The number of hydrogen-bond donors (Lipinski definition) is 1. The van der Waals surface area contributed by atoms with Crippen molar-refractivity contribution in [2.24, 2.45) is 7.05 Å². The summed E-state index contributed by atoms with van der Waals surface area (Å²) in [5.74, 6) is 0. The molecular formula is C14H19BrN4. The second-order valence-electron chi connectivity index (χ2n) is 4.60. The van der Waals surface area contributed by atoms with E-state index in [9.17, 15) is 0 Å². The second kappa shape index (κ2) is 5.65. The Morgan fingerprint density at radius 3 is 2.63 bits per heavy atom. The third kappa shape index (κ3) is 2.76. The van der Waals surface area contributed by atoms with E-state index in [1.165, 1.54) is 0 Å². The van der Waals surface area contributed by atoms with Gasteiger partial charge in [0.15, 0.2) is 0 Å². The van der Waals surface area contributed by atoms with Gasteiger partial charge in [-0.2, -0.15) is 5.10 Å². The van der Waals surface area contributed by atoms with Gasteiger partial charge in [-0.15, -0.1) is 0 Å². The predicted octanol–water partition coefficient (Wildman–Crippen LogP) is 2.96. The number of nitrogens with zero attached hydrogens (tertiary/aromatic N) is 3. The Labute approximate surface area is 122 Å². The number of nitrogens with two attached hydrogens (primary N) is 1. The van der Waals surface area contributed by atoms with E-state index in [2.05, 4.69) is 32.9 Å². The Morgan fingerprint density at radius 2 is 2.05 bits per heavy atom. The smallest absolute Gasteiger partial charge is 0.0767 e. The number of benzene rings is 1. The van der Waals surface area contributed by atoms with Gasteiger partial charge < -0.3 is 10.6 Å². The van der Waals surface area contributed by atoms with Crippen molar-refractivity contribution in [2.45, 2.75) is 19.9 Å². The Kier molecular flexibility index (Phi) is 4.14. The highest BCUT2D eigenvalue weighted by molar-refractivity contribution is 9.10. The van der Waals surface area contributed by atoms with Gasteiger partial charge in [-0.1, -0.05) is 19.1 Å². The molecule has 0 aliphatic heterocycles. The van der Waals surface area contributed by atoms with Gasteiger partial charge in [0.25, 0.3) is 0 Å². The number of rotatable bonds is 4. The summed E-state index contributed by atoms with van der Waals surface area (Å²) in [4.78, 5) is 2.14. The third-order valence-electron chi connectivity index (χ3n) is 3.24. The molecule has 0 aliphatic carbocycles. The highest BCUT2D eigenvalue weighted by Gasteiger charge is 2.15. The molecule has 0 atom stereocenters. The monoisotopic (exact) mass is 322 g/mol. The number of hydrogen-bond acceptors (Lipinski definition) is 3. The number of halogens is 1. The zero-order valence-electron chi connectivity index (χ0n) is 11.5. The van der Waals surface area contributed by atoms with Crippen molar-refractivity contribution in [1.29, 1.82) is 0 Å². The lowest BCUT2D eigenvalue weighted by atomic mass is 10.2. The van der Waals surface area contributed by atoms with Crippen LogP contribution in [0.4, 0.5) is 11.4 Å². The maximum absolute atomic E-state index is 6.01. The molecule has 1 aromatic heterocycles. The average Bonchev–Trinajstić information content (AvgIpc) is 2.66. The van der Waals surface area contributed by atoms with E-state index < -0.39 is 0 Å². The molecule has 2 rings (SSSR count). The van der Waals surface area contributed by atoms with E-state index in [0.717, 1.165) is 40.2 Å². The molecule has 4 nitrogen and oxygen atoms in total. The van der Waals surface area contributed by atoms with Crippen LogP contribution in [0.15, 0.2) is 28.7 Å². The molecule has 1 aromatic carbocycles. The van der Waals surface area contributed by atoms with Crippen molar-refractivity contribution in [3.8, 4) is 0 Å². The van der Waals surface area contributed by atoms with E-state index in [-0.39, 0.29) is 0 Å². The molecule has 0 bridgehead atoms. The molecule has 0 saturated heterocycles. The van der Waals surface area contributed by atoms with Gasteiger partial charge in [-0.3, -0.25) is 4.68 Å². The summed E-state index contributed by atoms with van der Waals surface area (Å²) in [6.07, 6.45) is 0.922. The maximum Gasteiger partial charge on any atom is 0.0767 e. The number of nitrogen functional groups attached to an aromatic ring is 1. The molecule has 1 heterocycles. The van der Waals surface area contributed by atoms with Crippen LogP contribution in [0.3, 0.4) is 0 Å². The van der Waals surface area contributed by atoms with Crippen LogP contribution in [-0.4, -0.2) is 16.8 Å². The summed E-state index contributed by atoms with van der Waals surface area (Å²) >= 11 is 3.64. The van der Waals surface area contributed by atoms with Crippen LogP contribution in [0.2, 0.25) is 0 Å². The van der Waals surface area contributed by atoms with Gasteiger partial charge in [-0.05, 0) is 34.5 Å². The first-order chi connectivity index (χ1) is 9.04. The highest BCUT2D eigenvalue weighted by Crippen LogP contribution is 2.27. The summed E-state index contributed by atoms with van der Waals surface area (Å²) in [5.41, 5.74) is 10.1. The van der Waals surface area contributed by atoms with Gasteiger partial charge in [0.2, 0.25) is 0 Å². The van der Waals surface area contributed by atoms with Crippen LogP contribution >= 0.6 is 15.9 Å². The van der Waals surface area contributed by atoms with Crippen LogP contribution in [0.25, 0.3) is 0 Å². The summed E-state index contributed by atoms with van der Waals surface area (Å²) in [6.45, 7) is 2.87. The fourth-order valence-electron chi connectivity index (χ4n) is 2.14. The van der Waals surface area contributed by atoms with Gasteiger partial charge in [-0.25, -0.2) is 0 Å². The van der Waals surface area contributed by atoms with E-state index in [4.69, 9.17) is 5.73 Å². The maximum atomic E-state index is 6.01. The third-order valence-corrected chi connectivity index (χ3v) is 4.15. The molecule has 0 saturated carbocycles. The van der Waals surface area contributed by atoms with Gasteiger partial charge in [0.05, 0.1) is 33.8 Å². The number of aryl methyl sites for hydroxylation is 2. The molecule has 0 amide bonds. The van der Waals surface area contributed by atoms with Crippen molar-refractivity contribution < 1.29 is 0 Å². The first-order valence-electron chi connectivity index (χ1n) is 6.30. The predicted molar refractivity (Wildman–Crippen MR) is 83.2 cm³/mol. The van der Waals surface area contributed by atoms with Crippen molar-refractivity contribution in [2.75, 3.05) is 17.7 Å². The largest absolute Gasteiger partial charge is 0.397 e. The fraction of sp³-hybridized carbons (Fsp3) is 0.357. The van der Waals surface area contributed by atoms with Crippen LogP contribution in [0.1, 0.15) is 18.3 Å². The zero-order valence-corrected chi connectivity index (χ0v) is 13.1. The second-order valence-corrected chi connectivity index (χ2v) is 5.39. The van der Waals surface area contributed by atoms with Crippen LogP contribution in [0, 0.1) is 0 Å². The zero-order chi connectivity index (χ0) is 14.0. The minimum atomic E-state index is 0.762. The number of para-hydroxylation sites is 2. The average molecular weight is 323 g/mol.